The smallest absolute Gasteiger partial charge is 0.153 e. The minimum Gasteiger partial charge on any atom is -0.454 e. The molecule has 8 aromatic carbocycles. The lowest BCUT2D eigenvalue weighted by molar-refractivity contribution is 0.670. The Morgan fingerprint density at radius 3 is 1.92 bits per heavy atom. The Morgan fingerprint density at radius 1 is 0.385 bits per heavy atom. The van der Waals surface area contributed by atoms with Gasteiger partial charge in [0, 0.05) is 27.5 Å². The van der Waals surface area contributed by atoms with Gasteiger partial charge in [-0.15, -0.1) is 0 Å². The molecule has 3 nitrogen and oxygen atoms in total. The quantitative estimate of drug-likeness (QED) is 0.177. The molecule has 2 aromatic heterocycles. The van der Waals surface area contributed by atoms with Crippen molar-refractivity contribution in [2.45, 2.75) is 0 Å². The number of rotatable bonds is 6. The van der Waals surface area contributed by atoms with Crippen molar-refractivity contribution in [2.75, 3.05) is 4.90 Å². The summed E-state index contributed by atoms with van der Waals surface area (Å²) in [5.74, 6) is 0.811. The Hall–Kier alpha value is -6.97. The van der Waals surface area contributed by atoms with Crippen molar-refractivity contribution in [1.82, 2.24) is 4.98 Å². The lowest BCUT2D eigenvalue weighted by Gasteiger charge is -2.26. The second kappa shape index (κ2) is 12.4. The van der Waals surface area contributed by atoms with E-state index in [2.05, 4.69) is 193 Å². The van der Waals surface area contributed by atoms with Gasteiger partial charge in [0.25, 0.3) is 0 Å². The summed E-state index contributed by atoms with van der Waals surface area (Å²) in [6.07, 6.45) is 1.87. The van der Waals surface area contributed by atoms with Crippen LogP contribution in [0.25, 0.3) is 76.9 Å². The van der Waals surface area contributed by atoms with Gasteiger partial charge in [-0.05, 0) is 92.0 Å². The van der Waals surface area contributed by atoms with Crippen LogP contribution in [0.4, 0.5) is 17.2 Å². The van der Waals surface area contributed by atoms with Crippen molar-refractivity contribution >= 4 is 60.7 Å². The molecule has 0 aliphatic heterocycles. The van der Waals surface area contributed by atoms with Gasteiger partial charge in [-0.25, -0.2) is 4.98 Å². The van der Waals surface area contributed by atoms with Gasteiger partial charge in [0.2, 0.25) is 0 Å². The largest absolute Gasteiger partial charge is 0.454 e. The van der Waals surface area contributed by atoms with E-state index in [1.54, 1.807) is 0 Å². The van der Waals surface area contributed by atoms with E-state index >= 15 is 0 Å². The monoisotopic (exact) mass is 664 g/mol. The van der Waals surface area contributed by atoms with Gasteiger partial charge in [0.1, 0.15) is 11.4 Å². The molecule has 244 valence electrons. The van der Waals surface area contributed by atoms with Crippen LogP contribution in [0.3, 0.4) is 0 Å². The van der Waals surface area contributed by atoms with Crippen LogP contribution in [-0.2, 0) is 0 Å². The zero-order valence-corrected chi connectivity index (χ0v) is 28.3. The SMILES string of the molecule is c1ccc(-c2cccc(N(c3ccc(-c4ccc5ccccc5c4)c(-c4ccccc4)c3)c3cc4c(cn3)oc3c5ccccc5ccc43)c2)cc1. The molecule has 52 heavy (non-hydrogen) atoms. The normalized spacial score (nSPS) is 11.5. The highest BCUT2D eigenvalue weighted by atomic mass is 16.3. The lowest BCUT2D eigenvalue weighted by atomic mass is 9.92. The van der Waals surface area contributed by atoms with Crippen LogP contribution >= 0.6 is 0 Å². The summed E-state index contributed by atoms with van der Waals surface area (Å²) in [5.41, 5.74) is 10.6. The summed E-state index contributed by atoms with van der Waals surface area (Å²) in [4.78, 5) is 7.35. The highest BCUT2D eigenvalue weighted by Crippen LogP contribution is 2.43. The minimum atomic E-state index is 0.768. The van der Waals surface area contributed by atoms with E-state index in [1.807, 2.05) is 6.20 Å². The second-order valence-electron chi connectivity index (χ2n) is 13.2. The molecular weight excluding hydrogens is 633 g/mol. The fourth-order valence-corrected chi connectivity index (χ4v) is 7.53. The summed E-state index contributed by atoms with van der Waals surface area (Å²) >= 11 is 0. The fourth-order valence-electron chi connectivity index (χ4n) is 7.53. The Labute approximate surface area is 301 Å². The van der Waals surface area contributed by atoms with E-state index in [-0.39, 0.29) is 0 Å². The summed E-state index contributed by atoms with van der Waals surface area (Å²) in [6, 6.07) is 66.9. The number of benzene rings is 8. The molecule has 0 fully saturated rings. The number of anilines is 3. The molecule has 0 saturated carbocycles. The Balaban J connectivity index is 1.20. The van der Waals surface area contributed by atoms with Crippen molar-refractivity contribution < 1.29 is 4.42 Å². The third-order valence-corrected chi connectivity index (χ3v) is 10.1. The molecule has 0 bridgehead atoms. The van der Waals surface area contributed by atoms with Crippen LogP contribution < -0.4 is 4.90 Å². The first-order valence-corrected chi connectivity index (χ1v) is 17.6. The van der Waals surface area contributed by atoms with Crippen molar-refractivity contribution in [3.8, 4) is 33.4 Å². The maximum atomic E-state index is 6.48. The van der Waals surface area contributed by atoms with E-state index < -0.39 is 0 Å². The topological polar surface area (TPSA) is 29.3 Å². The van der Waals surface area contributed by atoms with Gasteiger partial charge < -0.3 is 4.42 Å². The molecule has 0 spiro atoms. The zero-order valence-electron chi connectivity index (χ0n) is 28.3. The average molecular weight is 665 g/mol. The maximum Gasteiger partial charge on any atom is 0.153 e. The number of hydrogen-bond acceptors (Lipinski definition) is 3. The third-order valence-electron chi connectivity index (χ3n) is 10.1. The van der Waals surface area contributed by atoms with Gasteiger partial charge in [-0.2, -0.15) is 0 Å². The minimum absolute atomic E-state index is 0.768. The summed E-state index contributed by atoms with van der Waals surface area (Å²) in [6.45, 7) is 0. The van der Waals surface area contributed by atoms with Gasteiger partial charge in [-0.1, -0.05) is 146 Å². The second-order valence-corrected chi connectivity index (χ2v) is 13.2. The summed E-state index contributed by atoms with van der Waals surface area (Å²) in [7, 11) is 0. The van der Waals surface area contributed by atoms with E-state index in [9.17, 15) is 0 Å². The van der Waals surface area contributed by atoms with Crippen LogP contribution in [0, 0.1) is 0 Å². The Morgan fingerprint density at radius 2 is 1.08 bits per heavy atom. The van der Waals surface area contributed by atoms with Crippen molar-refractivity contribution in [3.63, 3.8) is 0 Å². The molecule has 3 heteroatoms. The number of nitrogens with zero attached hydrogens (tertiary/aromatic N) is 2. The van der Waals surface area contributed by atoms with E-state index in [1.165, 1.54) is 21.9 Å². The number of hydrogen-bond donors (Lipinski definition) is 0. The number of aromatic nitrogens is 1. The van der Waals surface area contributed by atoms with Crippen LogP contribution in [0.2, 0.25) is 0 Å². The molecule has 0 radical (unpaired) electrons. The van der Waals surface area contributed by atoms with Gasteiger partial charge in [0.15, 0.2) is 5.58 Å². The highest BCUT2D eigenvalue weighted by Gasteiger charge is 2.20. The molecule has 0 aliphatic carbocycles. The predicted molar refractivity (Wildman–Crippen MR) is 218 cm³/mol. The van der Waals surface area contributed by atoms with E-state index in [0.29, 0.717) is 0 Å². The van der Waals surface area contributed by atoms with Crippen molar-refractivity contribution in [1.29, 1.82) is 0 Å². The maximum absolute atomic E-state index is 6.48. The van der Waals surface area contributed by atoms with Crippen LogP contribution in [-0.4, -0.2) is 4.98 Å². The van der Waals surface area contributed by atoms with Crippen LogP contribution in [0.1, 0.15) is 0 Å². The zero-order chi connectivity index (χ0) is 34.4. The van der Waals surface area contributed by atoms with Crippen LogP contribution in [0.5, 0.6) is 0 Å². The molecule has 2 heterocycles. The van der Waals surface area contributed by atoms with Gasteiger partial charge in [-0.3, -0.25) is 4.90 Å². The summed E-state index contributed by atoms with van der Waals surface area (Å²) in [5, 5.41) is 6.82. The molecule has 0 amide bonds. The van der Waals surface area contributed by atoms with Crippen molar-refractivity contribution in [2.24, 2.45) is 0 Å². The molecule has 0 aliphatic rings. The molecule has 0 unspecified atom stereocenters. The Kier molecular flexibility index (Phi) is 7.14. The molecule has 0 N–H and O–H groups in total. The Bertz CT molecular complexity index is 2910. The predicted octanol–water partition coefficient (Wildman–Crippen LogP) is 13.8. The first-order chi connectivity index (χ1) is 25.8. The first kappa shape index (κ1) is 29.9. The van der Waals surface area contributed by atoms with Gasteiger partial charge >= 0.3 is 0 Å². The number of fused-ring (bicyclic) bond motifs is 6. The van der Waals surface area contributed by atoms with Gasteiger partial charge in [0.05, 0.1) is 6.20 Å². The number of furan rings is 1. The van der Waals surface area contributed by atoms with E-state index in [0.717, 1.165) is 72.2 Å². The molecule has 10 aromatic rings. The summed E-state index contributed by atoms with van der Waals surface area (Å²) < 4.78 is 6.48. The van der Waals surface area contributed by atoms with E-state index in [4.69, 9.17) is 9.40 Å². The average Bonchev–Trinajstić information content (AvgIpc) is 3.60. The van der Waals surface area contributed by atoms with Crippen LogP contribution in [0.15, 0.2) is 199 Å². The standard InChI is InChI=1S/C49H32N2O/c1-3-12-33(13-4-1)38-19-11-20-40(29-38)51(48-31-46-44-26-24-36-17-9-10-21-43(36)49(44)52-47(46)32-50-48)41-25-27-42(45(30-41)35-15-5-2-6-16-35)39-23-22-34-14-7-8-18-37(34)28-39/h1-32H. The molecular formula is C49H32N2O. The fraction of sp³-hybridized carbons (Fsp3) is 0. The molecule has 0 saturated heterocycles. The third kappa shape index (κ3) is 5.19. The molecule has 0 atom stereocenters. The first-order valence-electron chi connectivity index (χ1n) is 17.6. The number of pyridine rings is 1. The molecule has 10 rings (SSSR count). The van der Waals surface area contributed by atoms with Crippen molar-refractivity contribution in [3.05, 3.63) is 194 Å². The lowest BCUT2D eigenvalue weighted by Crippen LogP contribution is -2.12. The highest BCUT2D eigenvalue weighted by molar-refractivity contribution is 6.15.